The van der Waals surface area contributed by atoms with Crippen LogP contribution in [-0.4, -0.2) is 0 Å². The molecule has 0 aliphatic heterocycles. The molecule has 2 aromatic carbocycles. The van der Waals surface area contributed by atoms with Crippen molar-refractivity contribution >= 4 is 21.6 Å². The fourth-order valence-electron chi connectivity index (χ4n) is 1.56. The fourth-order valence-corrected chi connectivity index (χ4v) is 2.19. The Hall–Kier alpha value is -1.32. The van der Waals surface area contributed by atoms with Gasteiger partial charge in [0.25, 0.3) is 0 Å². The van der Waals surface area contributed by atoms with Crippen molar-refractivity contribution in [2.75, 3.05) is 5.43 Å². The van der Waals surface area contributed by atoms with E-state index < -0.39 is 0 Å². The molecule has 0 unspecified atom stereocenters. The van der Waals surface area contributed by atoms with Gasteiger partial charge >= 0.3 is 0 Å². The first-order valence-electron chi connectivity index (χ1n) is 5.54. The molecular weight excluding hydrogens is 276 g/mol. The Morgan fingerprint density at radius 3 is 2.53 bits per heavy atom. The summed E-state index contributed by atoms with van der Waals surface area (Å²) in [5.41, 5.74) is 9.92. The van der Waals surface area contributed by atoms with Crippen LogP contribution < -0.4 is 10.9 Å². The molecule has 0 aliphatic rings. The molecule has 0 aliphatic carbocycles. The molecule has 0 saturated carbocycles. The molecule has 0 radical (unpaired) electrons. The highest BCUT2D eigenvalue weighted by atomic mass is 79.9. The van der Waals surface area contributed by atoms with Gasteiger partial charge in [-0.3, -0.25) is 0 Å². The van der Waals surface area contributed by atoms with Crippen LogP contribution in [0.1, 0.15) is 11.1 Å². The van der Waals surface area contributed by atoms with Crippen molar-refractivity contribution in [3.63, 3.8) is 0 Å². The summed E-state index contributed by atoms with van der Waals surface area (Å²) in [6.45, 7) is 2.86. The zero-order valence-corrected chi connectivity index (χ0v) is 11.3. The summed E-state index contributed by atoms with van der Waals surface area (Å²) in [6, 6.07) is 16.4. The summed E-state index contributed by atoms with van der Waals surface area (Å²) in [5, 5.41) is 0. The summed E-state index contributed by atoms with van der Waals surface area (Å²) in [6.07, 6.45) is 0. The Morgan fingerprint density at radius 1 is 1.06 bits per heavy atom. The van der Waals surface area contributed by atoms with Gasteiger partial charge in [-0.1, -0.05) is 46.3 Å². The standard InChI is InChI=1S/C14H15BrN2/c1-11-7-8-12(14(15)9-11)10-16-17-13-5-3-2-4-6-13/h2-9,16-17H,10H2,1H3. The van der Waals surface area contributed by atoms with Gasteiger partial charge in [0.2, 0.25) is 0 Å². The molecule has 0 aromatic heterocycles. The highest BCUT2D eigenvalue weighted by Crippen LogP contribution is 2.18. The van der Waals surface area contributed by atoms with E-state index in [1.165, 1.54) is 11.1 Å². The van der Waals surface area contributed by atoms with E-state index in [1.807, 2.05) is 30.3 Å². The molecule has 0 fully saturated rings. The van der Waals surface area contributed by atoms with Crippen LogP contribution in [0.2, 0.25) is 0 Å². The Bertz CT molecular complexity index is 483. The molecule has 2 N–H and O–H groups in total. The van der Waals surface area contributed by atoms with Gasteiger partial charge in [-0.2, -0.15) is 0 Å². The first kappa shape index (κ1) is 12.1. The first-order chi connectivity index (χ1) is 8.25. The zero-order chi connectivity index (χ0) is 12.1. The lowest BCUT2D eigenvalue weighted by molar-refractivity contribution is 0.798. The van der Waals surface area contributed by atoms with Crippen molar-refractivity contribution in [3.05, 3.63) is 64.1 Å². The van der Waals surface area contributed by atoms with E-state index >= 15 is 0 Å². The third kappa shape index (κ3) is 3.58. The minimum Gasteiger partial charge on any atom is -0.321 e. The molecule has 0 heterocycles. The number of anilines is 1. The molecule has 2 nitrogen and oxygen atoms in total. The molecule has 0 atom stereocenters. The number of hydrogen-bond donors (Lipinski definition) is 2. The number of nitrogens with one attached hydrogen (secondary N) is 2. The minimum atomic E-state index is 0.774. The largest absolute Gasteiger partial charge is 0.321 e. The van der Waals surface area contributed by atoms with Crippen LogP contribution in [0.5, 0.6) is 0 Å². The average Bonchev–Trinajstić information content (AvgIpc) is 2.33. The van der Waals surface area contributed by atoms with E-state index in [1.54, 1.807) is 0 Å². The zero-order valence-electron chi connectivity index (χ0n) is 9.70. The maximum Gasteiger partial charge on any atom is 0.0487 e. The van der Waals surface area contributed by atoms with Crippen molar-refractivity contribution in [2.45, 2.75) is 13.5 Å². The predicted octanol–water partition coefficient (Wildman–Crippen LogP) is 3.87. The number of aryl methyl sites for hydroxylation is 1. The number of hydrazine groups is 1. The Labute approximate surface area is 110 Å². The van der Waals surface area contributed by atoms with Gasteiger partial charge < -0.3 is 5.43 Å². The van der Waals surface area contributed by atoms with Gasteiger partial charge in [0.1, 0.15) is 0 Å². The molecule has 88 valence electrons. The van der Waals surface area contributed by atoms with E-state index in [0.717, 1.165) is 16.7 Å². The van der Waals surface area contributed by atoms with Crippen LogP contribution in [0.4, 0.5) is 5.69 Å². The summed E-state index contributed by atoms with van der Waals surface area (Å²) >= 11 is 3.57. The number of hydrogen-bond acceptors (Lipinski definition) is 2. The van der Waals surface area contributed by atoms with Gasteiger partial charge in [-0.05, 0) is 36.2 Å². The van der Waals surface area contributed by atoms with Crippen molar-refractivity contribution in [1.29, 1.82) is 0 Å². The average molecular weight is 291 g/mol. The SMILES string of the molecule is Cc1ccc(CNNc2ccccc2)c(Br)c1. The van der Waals surface area contributed by atoms with Crippen molar-refractivity contribution in [2.24, 2.45) is 0 Å². The molecular formula is C14H15BrN2. The molecule has 0 amide bonds. The van der Waals surface area contributed by atoms with E-state index in [4.69, 9.17) is 0 Å². The summed E-state index contributed by atoms with van der Waals surface area (Å²) < 4.78 is 1.14. The molecule has 0 bridgehead atoms. The number of benzene rings is 2. The van der Waals surface area contributed by atoms with Crippen molar-refractivity contribution < 1.29 is 0 Å². The lowest BCUT2D eigenvalue weighted by Crippen LogP contribution is -2.20. The van der Waals surface area contributed by atoms with E-state index in [2.05, 4.69) is 51.9 Å². The summed E-state index contributed by atoms with van der Waals surface area (Å²) in [4.78, 5) is 0. The monoisotopic (exact) mass is 290 g/mol. The fraction of sp³-hybridized carbons (Fsp3) is 0.143. The first-order valence-corrected chi connectivity index (χ1v) is 6.34. The summed E-state index contributed by atoms with van der Waals surface area (Å²) in [7, 11) is 0. The second-order valence-electron chi connectivity index (χ2n) is 3.94. The van der Waals surface area contributed by atoms with Gasteiger partial charge in [-0.15, -0.1) is 0 Å². The van der Waals surface area contributed by atoms with Gasteiger partial charge in [0.15, 0.2) is 0 Å². The summed E-state index contributed by atoms with van der Waals surface area (Å²) in [5.74, 6) is 0. The second kappa shape index (κ2) is 5.84. The van der Waals surface area contributed by atoms with E-state index in [0.29, 0.717) is 0 Å². The maximum atomic E-state index is 3.57. The number of halogens is 1. The number of rotatable bonds is 4. The van der Waals surface area contributed by atoms with E-state index in [9.17, 15) is 0 Å². The molecule has 2 rings (SSSR count). The normalized spacial score (nSPS) is 10.2. The minimum absolute atomic E-state index is 0.774. The third-order valence-corrected chi connectivity index (χ3v) is 3.23. The van der Waals surface area contributed by atoms with Gasteiger partial charge in [-0.25, -0.2) is 5.43 Å². The second-order valence-corrected chi connectivity index (χ2v) is 4.79. The van der Waals surface area contributed by atoms with Crippen LogP contribution in [0.3, 0.4) is 0 Å². The van der Waals surface area contributed by atoms with Crippen molar-refractivity contribution in [3.8, 4) is 0 Å². The smallest absolute Gasteiger partial charge is 0.0487 e. The predicted molar refractivity (Wildman–Crippen MR) is 75.8 cm³/mol. The van der Waals surface area contributed by atoms with Crippen LogP contribution in [0, 0.1) is 6.92 Å². The molecule has 0 saturated heterocycles. The topological polar surface area (TPSA) is 24.1 Å². The Balaban J connectivity index is 1.90. The van der Waals surface area contributed by atoms with E-state index in [-0.39, 0.29) is 0 Å². The lowest BCUT2D eigenvalue weighted by atomic mass is 10.1. The highest BCUT2D eigenvalue weighted by Gasteiger charge is 1.99. The van der Waals surface area contributed by atoms with Gasteiger partial charge in [0.05, 0.1) is 0 Å². The van der Waals surface area contributed by atoms with Crippen LogP contribution in [-0.2, 0) is 6.54 Å². The Kier molecular flexibility index (Phi) is 4.18. The van der Waals surface area contributed by atoms with Gasteiger partial charge in [0, 0.05) is 16.7 Å². The Morgan fingerprint density at radius 2 is 1.82 bits per heavy atom. The van der Waals surface area contributed by atoms with Crippen LogP contribution in [0.15, 0.2) is 53.0 Å². The molecule has 2 aromatic rings. The van der Waals surface area contributed by atoms with Crippen LogP contribution in [0.25, 0.3) is 0 Å². The van der Waals surface area contributed by atoms with Crippen molar-refractivity contribution in [1.82, 2.24) is 5.43 Å². The van der Waals surface area contributed by atoms with Crippen LogP contribution >= 0.6 is 15.9 Å². The molecule has 17 heavy (non-hydrogen) atoms. The number of para-hydroxylation sites is 1. The molecule has 3 heteroatoms. The molecule has 0 spiro atoms. The lowest BCUT2D eigenvalue weighted by Gasteiger charge is -2.10. The maximum absolute atomic E-state index is 3.57. The highest BCUT2D eigenvalue weighted by molar-refractivity contribution is 9.10. The third-order valence-electron chi connectivity index (χ3n) is 2.49. The quantitative estimate of drug-likeness (QED) is 0.835.